The Labute approximate surface area is 324 Å². The van der Waals surface area contributed by atoms with Crippen LogP contribution in [-0.4, -0.2) is 143 Å². The zero-order valence-electron chi connectivity index (χ0n) is 33.3. The predicted octanol–water partition coefficient (Wildman–Crippen LogP) is 2.20. The molecule has 0 fully saturated rings. The molecule has 0 saturated heterocycles. The Morgan fingerprint density at radius 2 is 1.00 bits per heavy atom. The zero-order chi connectivity index (χ0) is 43.5. The van der Waals surface area contributed by atoms with Crippen LogP contribution in [0.5, 0.6) is 0 Å². The highest BCUT2D eigenvalue weighted by Crippen LogP contribution is 2.10. The molecule has 0 radical (unpaired) electrons. The van der Waals surface area contributed by atoms with E-state index in [1.807, 2.05) is 13.1 Å². The van der Waals surface area contributed by atoms with Gasteiger partial charge in [0.2, 0.25) is 12.0 Å². The van der Waals surface area contributed by atoms with Gasteiger partial charge in [-0.05, 0) is 26.9 Å². The van der Waals surface area contributed by atoms with Crippen LogP contribution in [0.1, 0.15) is 46.5 Å². The monoisotopic (exact) mass is 826 g/mol. The van der Waals surface area contributed by atoms with Gasteiger partial charge in [-0.2, -0.15) is 0 Å². The first-order valence-corrected chi connectivity index (χ1v) is 21.5. The lowest BCUT2D eigenvalue weighted by Gasteiger charge is -2.22. The molecule has 20 nitrogen and oxygen atoms in total. The van der Waals surface area contributed by atoms with E-state index in [-0.39, 0.29) is 69.2 Å². The van der Waals surface area contributed by atoms with Crippen molar-refractivity contribution in [1.82, 2.24) is 5.32 Å². The molecule has 0 aromatic carbocycles. The summed E-state index contributed by atoms with van der Waals surface area (Å²) in [6.45, 7) is 15.4. The number of ether oxygens (including phenoxy) is 4. The van der Waals surface area contributed by atoms with Crippen LogP contribution in [0.25, 0.3) is 0 Å². The van der Waals surface area contributed by atoms with Crippen molar-refractivity contribution in [3.8, 4) is 0 Å². The van der Waals surface area contributed by atoms with Crippen LogP contribution in [0.4, 0.5) is 0 Å². The Bertz CT molecular complexity index is 1260. The highest BCUT2D eigenvalue weighted by Gasteiger charge is 2.28. The average Bonchev–Trinajstić information content (AvgIpc) is 3.13. The first-order chi connectivity index (χ1) is 25.6. The number of amides is 1. The number of hydrogen-bond acceptors (Lipinski definition) is 17. The van der Waals surface area contributed by atoms with E-state index in [2.05, 4.69) is 32.9 Å². The third-order valence-electron chi connectivity index (χ3n) is 6.33. The topological polar surface area (TPSA) is 275 Å². The predicted molar refractivity (Wildman–Crippen MR) is 200 cm³/mol. The number of hydrogen-bond donors (Lipinski definition) is 3. The summed E-state index contributed by atoms with van der Waals surface area (Å²) in [7, 11) is 2.18. The molecule has 3 N–H and O–H groups in total. The van der Waals surface area contributed by atoms with Crippen molar-refractivity contribution in [2.45, 2.75) is 71.6 Å². The summed E-state index contributed by atoms with van der Waals surface area (Å²) in [5, 5.41) is 18.4. The first kappa shape index (κ1) is 57.2. The SMILES string of the molecule is C=C(C)C(=O)OCCOC(=O)CCC(=O)NCC[Si](C)(OC)OC.C=C(C)C(=O)OCCOC(=O)CCC(=O)O.CC(=O)O.CO[Si](C)(CCN=C=O)OC. The fraction of sp³-hybridized carbons (Fsp3) is 0.636. The van der Waals surface area contributed by atoms with Gasteiger partial charge in [0.15, 0.2) is 0 Å². The number of carbonyl (C=O) groups excluding carboxylic acids is 6. The lowest BCUT2D eigenvalue weighted by atomic mass is 10.3. The van der Waals surface area contributed by atoms with Gasteiger partial charge in [-0.3, -0.25) is 24.0 Å². The number of carbonyl (C=O) groups is 7. The van der Waals surface area contributed by atoms with Crippen LogP contribution < -0.4 is 5.32 Å². The van der Waals surface area contributed by atoms with Gasteiger partial charge < -0.3 is 52.2 Å². The zero-order valence-corrected chi connectivity index (χ0v) is 35.3. The maximum absolute atomic E-state index is 11.6. The molecule has 0 unspecified atom stereocenters. The van der Waals surface area contributed by atoms with E-state index < -0.39 is 52.9 Å². The smallest absolute Gasteiger partial charge is 0.336 e. The van der Waals surface area contributed by atoms with Crippen molar-refractivity contribution in [2.24, 2.45) is 4.99 Å². The number of aliphatic carboxylic acids is 2. The maximum Gasteiger partial charge on any atom is 0.336 e. The van der Waals surface area contributed by atoms with Crippen molar-refractivity contribution in [1.29, 1.82) is 0 Å². The quantitative estimate of drug-likeness (QED) is 0.0239. The molecule has 0 saturated carbocycles. The minimum absolute atomic E-state index is 0.0304. The second-order valence-corrected chi connectivity index (χ2v) is 18.3. The third-order valence-corrected chi connectivity index (χ3v) is 12.1. The van der Waals surface area contributed by atoms with Crippen LogP contribution in [-0.2, 0) is 75.0 Å². The second kappa shape index (κ2) is 35.1. The fourth-order valence-corrected chi connectivity index (χ4v) is 5.04. The molecule has 316 valence electrons. The van der Waals surface area contributed by atoms with Gasteiger partial charge >= 0.3 is 47.0 Å². The Morgan fingerprint density at radius 1 is 0.636 bits per heavy atom. The summed E-state index contributed by atoms with van der Waals surface area (Å²) in [5.74, 6) is -4.39. The number of nitrogens with one attached hydrogen (secondary N) is 1. The summed E-state index contributed by atoms with van der Waals surface area (Å²) < 4.78 is 39.8. The highest BCUT2D eigenvalue weighted by atomic mass is 28.4. The van der Waals surface area contributed by atoms with Crippen molar-refractivity contribution >= 4 is 64.9 Å². The van der Waals surface area contributed by atoms with Crippen LogP contribution >= 0.6 is 0 Å². The number of nitrogens with zero attached hydrogens (tertiary/aromatic N) is 1. The average molecular weight is 827 g/mol. The molecule has 0 aromatic rings. The molecule has 0 bridgehead atoms. The van der Waals surface area contributed by atoms with Crippen molar-refractivity contribution in [3.05, 3.63) is 24.3 Å². The Kier molecular flexibility index (Phi) is 36.5. The molecule has 0 aliphatic carbocycles. The van der Waals surface area contributed by atoms with Crippen LogP contribution in [0.15, 0.2) is 29.3 Å². The van der Waals surface area contributed by atoms with Crippen LogP contribution in [0.2, 0.25) is 25.2 Å². The number of isocyanates is 1. The van der Waals surface area contributed by atoms with E-state index in [4.69, 9.17) is 42.2 Å². The van der Waals surface area contributed by atoms with E-state index in [0.717, 1.165) is 6.92 Å². The highest BCUT2D eigenvalue weighted by molar-refractivity contribution is 6.66. The maximum atomic E-state index is 11.6. The molecule has 0 aliphatic heterocycles. The number of carboxylic acids is 2. The molecule has 0 aromatic heterocycles. The third kappa shape index (κ3) is 40.4. The van der Waals surface area contributed by atoms with Crippen LogP contribution in [0, 0.1) is 0 Å². The molecule has 0 rings (SSSR count). The lowest BCUT2D eigenvalue weighted by Crippen LogP contribution is -2.40. The molecule has 0 atom stereocenters. The number of rotatable bonds is 24. The summed E-state index contributed by atoms with van der Waals surface area (Å²) in [6.07, 6.45) is 1.00. The van der Waals surface area contributed by atoms with Gasteiger partial charge in [0.1, 0.15) is 26.4 Å². The van der Waals surface area contributed by atoms with Crippen molar-refractivity contribution < 1.29 is 85.2 Å². The summed E-state index contributed by atoms with van der Waals surface area (Å²) in [5.41, 5.74) is 0.538. The van der Waals surface area contributed by atoms with E-state index >= 15 is 0 Å². The molecule has 22 heteroatoms. The Hall–Kier alpha value is -4.58. The summed E-state index contributed by atoms with van der Waals surface area (Å²) in [6, 6.07) is 1.31. The molecular weight excluding hydrogens is 769 g/mol. The second-order valence-electron chi connectivity index (χ2n) is 11.1. The van der Waals surface area contributed by atoms with E-state index in [0.29, 0.717) is 25.2 Å². The molecule has 0 spiro atoms. The van der Waals surface area contributed by atoms with Crippen molar-refractivity contribution in [2.75, 3.05) is 68.0 Å². The van der Waals surface area contributed by atoms with Crippen LogP contribution in [0.3, 0.4) is 0 Å². The largest absolute Gasteiger partial charge is 0.481 e. The van der Waals surface area contributed by atoms with Gasteiger partial charge in [0.25, 0.3) is 5.97 Å². The number of esters is 4. The summed E-state index contributed by atoms with van der Waals surface area (Å²) >= 11 is 0. The standard InChI is InChI=1S/C15H27NO7Si.C10H14O6.C6H13NO3Si.C2H4O2/c1-12(2)15(19)23-10-9-22-14(18)7-6-13(17)16-8-11-24(5,20-3)21-4;1-7(2)10(14)16-6-5-15-9(13)4-3-8(11)12;1-9-11(3,10-2)5-4-7-6-8;1-2(3)4/h1,6-11H2,2-5H3,(H,16,17);1,3-6H2,2H3,(H,11,12);4-5H2,1-3H3;1H3,(H,3,4). The first-order valence-electron chi connectivity index (χ1n) is 16.5. The lowest BCUT2D eigenvalue weighted by molar-refractivity contribution is -0.151. The minimum atomic E-state index is -2.20. The normalized spacial score (nSPS) is 10.1. The fourth-order valence-electron chi connectivity index (χ4n) is 2.79. The Morgan fingerprint density at radius 3 is 1.35 bits per heavy atom. The van der Waals surface area contributed by atoms with Gasteiger partial charge in [-0.25, -0.2) is 19.4 Å². The van der Waals surface area contributed by atoms with E-state index in [9.17, 15) is 33.6 Å². The van der Waals surface area contributed by atoms with Gasteiger partial charge in [-0.1, -0.05) is 13.2 Å². The molecule has 0 heterocycles. The molecular formula is C33H58N2O18Si2. The van der Waals surface area contributed by atoms with E-state index in [1.165, 1.54) is 19.9 Å². The van der Waals surface area contributed by atoms with Gasteiger partial charge in [0.05, 0.1) is 25.8 Å². The number of aliphatic imine (C=N–C) groups is 1. The van der Waals surface area contributed by atoms with E-state index in [1.54, 1.807) is 28.4 Å². The molecule has 55 heavy (non-hydrogen) atoms. The van der Waals surface area contributed by atoms with Gasteiger partial charge in [-0.15, -0.1) is 0 Å². The molecule has 0 aliphatic rings. The van der Waals surface area contributed by atoms with Gasteiger partial charge in [0, 0.05) is 71.6 Å². The summed E-state index contributed by atoms with van der Waals surface area (Å²) in [4.78, 5) is 88.2. The number of carboxylic acid groups (broad SMARTS) is 2. The molecule has 1 amide bonds. The Balaban J connectivity index is -0.000000360. The van der Waals surface area contributed by atoms with Crippen molar-refractivity contribution in [3.63, 3.8) is 0 Å². The minimum Gasteiger partial charge on any atom is -0.481 e.